The first-order valence-electron chi connectivity index (χ1n) is 10.1. The standard InChI is InChI=1S/C26H23NOS/c1-17-11-13-19(14-12-17)26-25-22(27-21-9-5-6-10-24(21)29-26)15-20(16-23(25)28)18-7-3-2-4-8-18/h2-14,20,26-27H,15-16H2,1H3. The fourth-order valence-electron chi connectivity index (χ4n) is 4.31. The van der Waals surface area contributed by atoms with Crippen molar-refractivity contribution in [3.8, 4) is 0 Å². The van der Waals surface area contributed by atoms with E-state index in [-0.39, 0.29) is 17.0 Å². The number of nitrogens with one attached hydrogen (secondary N) is 1. The third-order valence-electron chi connectivity index (χ3n) is 5.84. The monoisotopic (exact) mass is 397 g/mol. The van der Waals surface area contributed by atoms with Crippen LogP contribution in [0.25, 0.3) is 0 Å². The van der Waals surface area contributed by atoms with Gasteiger partial charge in [0, 0.05) is 22.6 Å². The van der Waals surface area contributed by atoms with Crippen molar-refractivity contribution in [3.63, 3.8) is 0 Å². The highest BCUT2D eigenvalue weighted by atomic mass is 32.2. The maximum Gasteiger partial charge on any atom is 0.162 e. The lowest BCUT2D eigenvalue weighted by Gasteiger charge is -2.29. The highest BCUT2D eigenvalue weighted by Crippen LogP contribution is 2.51. The Morgan fingerprint density at radius 2 is 1.55 bits per heavy atom. The summed E-state index contributed by atoms with van der Waals surface area (Å²) in [6, 6.07) is 27.4. The summed E-state index contributed by atoms with van der Waals surface area (Å²) in [4.78, 5) is 14.6. The molecule has 0 bridgehead atoms. The van der Waals surface area contributed by atoms with E-state index in [0.717, 1.165) is 23.4 Å². The van der Waals surface area contributed by atoms with Crippen LogP contribution in [0.3, 0.4) is 0 Å². The van der Waals surface area contributed by atoms with Crippen LogP contribution in [0, 0.1) is 6.92 Å². The van der Waals surface area contributed by atoms with Crippen LogP contribution in [0.4, 0.5) is 5.69 Å². The van der Waals surface area contributed by atoms with Crippen LogP contribution in [0.2, 0.25) is 0 Å². The molecule has 0 saturated heterocycles. The van der Waals surface area contributed by atoms with Gasteiger partial charge in [0.15, 0.2) is 5.78 Å². The van der Waals surface area contributed by atoms with E-state index in [1.54, 1.807) is 11.8 Å². The summed E-state index contributed by atoms with van der Waals surface area (Å²) in [5.41, 5.74) is 6.80. The van der Waals surface area contributed by atoms with Gasteiger partial charge in [-0.25, -0.2) is 0 Å². The van der Waals surface area contributed by atoms with E-state index in [9.17, 15) is 4.79 Å². The average Bonchev–Trinajstić information content (AvgIpc) is 2.92. The zero-order valence-corrected chi connectivity index (χ0v) is 17.2. The van der Waals surface area contributed by atoms with Gasteiger partial charge in [-0.1, -0.05) is 72.3 Å². The van der Waals surface area contributed by atoms with Crippen LogP contribution < -0.4 is 5.32 Å². The molecule has 0 radical (unpaired) electrons. The number of rotatable bonds is 2. The minimum absolute atomic E-state index is 0.0194. The first-order chi connectivity index (χ1) is 14.2. The van der Waals surface area contributed by atoms with Crippen LogP contribution in [-0.4, -0.2) is 5.78 Å². The third kappa shape index (κ3) is 3.51. The summed E-state index contributed by atoms with van der Waals surface area (Å²) < 4.78 is 0. The Hall–Kier alpha value is -2.78. The molecule has 0 amide bonds. The second-order valence-electron chi connectivity index (χ2n) is 7.86. The average molecular weight is 398 g/mol. The number of benzene rings is 3. The van der Waals surface area contributed by atoms with E-state index in [1.807, 2.05) is 6.07 Å². The van der Waals surface area contributed by atoms with Gasteiger partial charge in [0.2, 0.25) is 0 Å². The van der Waals surface area contributed by atoms with Gasteiger partial charge in [0.25, 0.3) is 0 Å². The topological polar surface area (TPSA) is 29.1 Å². The van der Waals surface area contributed by atoms with E-state index < -0.39 is 0 Å². The van der Waals surface area contributed by atoms with Gasteiger partial charge in [-0.2, -0.15) is 0 Å². The van der Waals surface area contributed by atoms with E-state index in [1.165, 1.54) is 21.6 Å². The molecule has 2 unspecified atom stereocenters. The van der Waals surface area contributed by atoms with Gasteiger partial charge in [-0.05, 0) is 42.5 Å². The van der Waals surface area contributed by atoms with Crippen LogP contribution in [-0.2, 0) is 4.79 Å². The van der Waals surface area contributed by atoms with Crippen molar-refractivity contribution in [1.82, 2.24) is 0 Å². The first kappa shape index (κ1) is 18.3. The van der Waals surface area contributed by atoms with Crippen LogP contribution in [0.5, 0.6) is 0 Å². The Labute approximate surface area is 176 Å². The number of anilines is 1. The lowest BCUT2D eigenvalue weighted by molar-refractivity contribution is -0.116. The molecule has 0 saturated carbocycles. The summed E-state index contributed by atoms with van der Waals surface area (Å²) in [5, 5.41) is 3.66. The number of hydrogen-bond donors (Lipinski definition) is 1. The van der Waals surface area contributed by atoms with E-state index >= 15 is 0 Å². The molecule has 2 atom stereocenters. The molecule has 2 nitrogen and oxygen atoms in total. The quantitative estimate of drug-likeness (QED) is 0.524. The number of fused-ring (bicyclic) bond motifs is 1. The number of Topliss-reactive ketones (excluding diaryl/α,β-unsaturated/α-hetero) is 1. The number of allylic oxidation sites excluding steroid dienone is 1. The lowest BCUT2D eigenvalue weighted by Crippen LogP contribution is -2.23. The zero-order valence-electron chi connectivity index (χ0n) is 16.4. The molecule has 144 valence electrons. The summed E-state index contributed by atoms with van der Waals surface area (Å²) >= 11 is 1.78. The molecule has 1 heterocycles. The van der Waals surface area contributed by atoms with Crippen molar-refractivity contribution < 1.29 is 4.79 Å². The number of hydrogen-bond acceptors (Lipinski definition) is 3. The first-order valence-corrected chi connectivity index (χ1v) is 11.0. The van der Waals surface area contributed by atoms with Crippen LogP contribution in [0.1, 0.15) is 40.7 Å². The normalized spacial score (nSPS) is 21.1. The second kappa shape index (κ2) is 7.57. The molecule has 3 aromatic rings. The number of aryl methyl sites for hydroxylation is 1. The molecule has 0 aromatic heterocycles. The van der Waals surface area contributed by atoms with Crippen molar-refractivity contribution in [2.45, 2.75) is 35.8 Å². The molecular weight excluding hydrogens is 374 g/mol. The molecule has 5 rings (SSSR count). The van der Waals surface area contributed by atoms with Gasteiger partial charge in [-0.3, -0.25) is 4.79 Å². The Morgan fingerprint density at radius 1 is 0.828 bits per heavy atom. The molecule has 3 aromatic carbocycles. The second-order valence-corrected chi connectivity index (χ2v) is 9.01. The number of ketones is 1. The molecule has 1 aliphatic heterocycles. The minimum atomic E-state index is 0.0194. The number of carbonyl (C=O) groups excluding carboxylic acids is 1. The maximum absolute atomic E-state index is 13.5. The summed E-state index contributed by atoms with van der Waals surface area (Å²) in [6.07, 6.45) is 1.44. The lowest BCUT2D eigenvalue weighted by atomic mass is 9.80. The summed E-state index contributed by atoms with van der Waals surface area (Å²) in [5.74, 6) is 0.488. The fourth-order valence-corrected chi connectivity index (χ4v) is 5.65. The predicted octanol–water partition coefficient (Wildman–Crippen LogP) is 6.65. The molecule has 2 aliphatic rings. The van der Waals surface area contributed by atoms with Gasteiger partial charge >= 0.3 is 0 Å². The minimum Gasteiger partial charge on any atom is -0.358 e. The van der Waals surface area contributed by atoms with Crippen molar-refractivity contribution in [2.24, 2.45) is 0 Å². The predicted molar refractivity (Wildman–Crippen MR) is 120 cm³/mol. The number of thioether (sulfide) groups is 1. The smallest absolute Gasteiger partial charge is 0.162 e. The molecule has 1 aliphatic carbocycles. The van der Waals surface area contributed by atoms with Crippen molar-refractivity contribution in [2.75, 3.05) is 5.32 Å². The largest absolute Gasteiger partial charge is 0.358 e. The number of para-hydroxylation sites is 1. The Kier molecular flexibility index (Phi) is 4.76. The summed E-state index contributed by atoms with van der Waals surface area (Å²) in [7, 11) is 0. The molecule has 1 N–H and O–H groups in total. The van der Waals surface area contributed by atoms with Crippen LogP contribution >= 0.6 is 11.8 Å². The van der Waals surface area contributed by atoms with Crippen molar-refractivity contribution in [3.05, 3.63) is 107 Å². The molecule has 0 spiro atoms. The van der Waals surface area contributed by atoms with E-state index in [4.69, 9.17) is 0 Å². The van der Waals surface area contributed by atoms with E-state index in [2.05, 4.69) is 85.0 Å². The van der Waals surface area contributed by atoms with Crippen molar-refractivity contribution >= 4 is 23.2 Å². The summed E-state index contributed by atoms with van der Waals surface area (Å²) in [6.45, 7) is 2.10. The Morgan fingerprint density at radius 3 is 2.34 bits per heavy atom. The third-order valence-corrected chi connectivity index (χ3v) is 7.19. The molecule has 0 fully saturated rings. The fraction of sp³-hybridized carbons (Fsp3) is 0.192. The van der Waals surface area contributed by atoms with E-state index in [0.29, 0.717) is 6.42 Å². The molecular formula is C26H23NOS. The van der Waals surface area contributed by atoms with Crippen molar-refractivity contribution in [1.29, 1.82) is 0 Å². The molecule has 29 heavy (non-hydrogen) atoms. The highest BCUT2D eigenvalue weighted by Gasteiger charge is 2.36. The number of carbonyl (C=O) groups is 1. The maximum atomic E-state index is 13.5. The van der Waals surface area contributed by atoms with Gasteiger partial charge in [-0.15, -0.1) is 11.8 Å². The Balaban J connectivity index is 1.61. The SMILES string of the molecule is Cc1ccc(C2Sc3ccccc3NC3=C2C(=O)CC(c2ccccc2)C3)cc1. The highest BCUT2D eigenvalue weighted by molar-refractivity contribution is 8.00. The molecule has 3 heteroatoms. The van der Waals surface area contributed by atoms with Gasteiger partial charge in [0.05, 0.1) is 10.9 Å². The van der Waals surface area contributed by atoms with Gasteiger partial charge < -0.3 is 5.32 Å². The Bertz CT molecular complexity index is 1090. The van der Waals surface area contributed by atoms with Crippen LogP contribution in [0.15, 0.2) is 95.0 Å². The zero-order chi connectivity index (χ0) is 19.8. The van der Waals surface area contributed by atoms with Gasteiger partial charge in [0.1, 0.15) is 0 Å².